The van der Waals surface area contributed by atoms with Crippen LogP contribution in [0.1, 0.15) is 26.6 Å². The third kappa shape index (κ3) is 1.75. The van der Waals surface area contributed by atoms with E-state index in [0.717, 1.165) is 0 Å². The van der Waals surface area contributed by atoms with Gasteiger partial charge in [0.2, 0.25) is 0 Å². The van der Waals surface area contributed by atoms with E-state index >= 15 is 0 Å². The molecular weight excluding hydrogens is 190 g/mol. The van der Waals surface area contributed by atoms with Crippen molar-refractivity contribution in [2.75, 3.05) is 0 Å². The van der Waals surface area contributed by atoms with Crippen LogP contribution < -0.4 is 5.69 Å². The average Bonchev–Trinajstić information content (AvgIpc) is 2.16. The van der Waals surface area contributed by atoms with E-state index in [0.29, 0.717) is 11.5 Å². The molecule has 0 spiro atoms. The van der Waals surface area contributed by atoms with Gasteiger partial charge >= 0.3 is 5.69 Å². The van der Waals surface area contributed by atoms with Gasteiger partial charge in [0.15, 0.2) is 0 Å². The van der Waals surface area contributed by atoms with Crippen LogP contribution in [0.3, 0.4) is 0 Å². The van der Waals surface area contributed by atoms with Crippen LogP contribution in [0, 0.1) is 0 Å². The van der Waals surface area contributed by atoms with Crippen molar-refractivity contribution >= 4 is 5.65 Å². The summed E-state index contributed by atoms with van der Waals surface area (Å²) >= 11 is 0. The largest absolute Gasteiger partial charge is 0.355 e. The van der Waals surface area contributed by atoms with Gasteiger partial charge in [0.25, 0.3) is 0 Å². The van der Waals surface area contributed by atoms with E-state index in [4.69, 9.17) is 0 Å². The summed E-state index contributed by atoms with van der Waals surface area (Å²) in [6.07, 6.45) is 1.67. The highest BCUT2D eigenvalue weighted by molar-refractivity contribution is 5.37. The van der Waals surface area contributed by atoms with E-state index in [9.17, 15) is 4.79 Å². The van der Waals surface area contributed by atoms with Gasteiger partial charge < -0.3 is 0 Å². The normalized spacial score (nSPS) is 11.9. The van der Waals surface area contributed by atoms with Crippen molar-refractivity contribution in [2.24, 2.45) is 0 Å². The number of hydrogen-bond donors (Lipinski definition) is 0. The highest BCUT2D eigenvalue weighted by Gasteiger charge is 2.18. The van der Waals surface area contributed by atoms with Gasteiger partial charge in [-0.2, -0.15) is 4.98 Å². The summed E-state index contributed by atoms with van der Waals surface area (Å²) in [5.41, 5.74) is 0.164. The summed E-state index contributed by atoms with van der Waals surface area (Å²) in [5, 5.41) is 0. The number of nitrogens with zero attached hydrogens (tertiary/aromatic N) is 3. The second-order valence-corrected chi connectivity index (χ2v) is 4.51. The van der Waals surface area contributed by atoms with Gasteiger partial charge in [-0.05, 0) is 12.1 Å². The molecule has 4 nitrogen and oxygen atoms in total. The Bertz CT molecular complexity index is 551. The number of pyridine rings is 1. The van der Waals surface area contributed by atoms with E-state index in [-0.39, 0.29) is 11.1 Å². The van der Waals surface area contributed by atoms with Crippen LogP contribution in [0.2, 0.25) is 0 Å². The predicted octanol–water partition coefficient (Wildman–Crippen LogP) is 1.39. The van der Waals surface area contributed by atoms with Crippen LogP contribution in [-0.2, 0) is 5.41 Å². The van der Waals surface area contributed by atoms with E-state index in [2.05, 4.69) is 9.97 Å². The zero-order valence-electron chi connectivity index (χ0n) is 9.06. The second kappa shape index (κ2) is 3.15. The molecule has 0 aliphatic heterocycles. The van der Waals surface area contributed by atoms with Crippen molar-refractivity contribution in [3.8, 4) is 0 Å². The quantitative estimate of drug-likeness (QED) is 0.650. The third-order valence-corrected chi connectivity index (χ3v) is 2.14. The molecule has 2 aromatic heterocycles. The number of rotatable bonds is 0. The number of aromatic nitrogens is 3. The predicted molar refractivity (Wildman–Crippen MR) is 58.0 cm³/mol. The fourth-order valence-electron chi connectivity index (χ4n) is 1.30. The van der Waals surface area contributed by atoms with E-state index < -0.39 is 0 Å². The summed E-state index contributed by atoms with van der Waals surface area (Å²) in [5.74, 6) is 0.582. The fourth-order valence-corrected chi connectivity index (χ4v) is 1.30. The topological polar surface area (TPSA) is 47.3 Å². The number of fused-ring (bicyclic) bond motifs is 1. The van der Waals surface area contributed by atoms with Crippen LogP contribution >= 0.6 is 0 Å². The van der Waals surface area contributed by atoms with Gasteiger partial charge in [0.1, 0.15) is 11.5 Å². The first kappa shape index (κ1) is 9.83. The molecule has 0 aliphatic carbocycles. The fraction of sp³-hybridized carbons (Fsp3) is 0.364. The molecular formula is C11H13N3O. The molecule has 2 rings (SSSR count). The highest BCUT2D eigenvalue weighted by atomic mass is 16.1. The molecule has 2 aromatic rings. The molecule has 0 unspecified atom stereocenters. The molecule has 0 saturated carbocycles. The summed E-state index contributed by atoms with van der Waals surface area (Å²) in [6.45, 7) is 5.96. The van der Waals surface area contributed by atoms with Crippen molar-refractivity contribution in [2.45, 2.75) is 26.2 Å². The molecule has 0 bridgehead atoms. The summed E-state index contributed by atoms with van der Waals surface area (Å²) in [6, 6.07) is 5.45. The minimum Gasteiger partial charge on any atom is -0.251 e. The first-order chi connectivity index (χ1) is 6.98. The summed E-state index contributed by atoms with van der Waals surface area (Å²) in [7, 11) is 0. The van der Waals surface area contributed by atoms with Crippen LogP contribution in [0.4, 0.5) is 0 Å². The Kier molecular flexibility index (Phi) is 2.07. The van der Waals surface area contributed by atoms with Crippen molar-refractivity contribution < 1.29 is 0 Å². The second-order valence-electron chi connectivity index (χ2n) is 4.51. The maximum Gasteiger partial charge on any atom is 0.355 e. The van der Waals surface area contributed by atoms with E-state index in [1.165, 1.54) is 4.40 Å². The standard InChI is InChI=1S/C11H13N3O/c1-11(2,3)9-12-8-6-4-5-7-14(8)10(15)13-9/h4-7H,1-3H3. The van der Waals surface area contributed by atoms with Gasteiger partial charge in [0.05, 0.1) is 0 Å². The number of hydrogen-bond acceptors (Lipinski definition) is 3. The summed E-state index contributed by atoms with van der Waals surface area (Å²) < 4.78 is 1.44. The van der Waals surface area contributed by atoms with Gasteiger partial charge in [0, 0.05) is 11.6 Å². The molecule has 0 N–H and O–H groups in total. The third-order valence-electron chi connectivity index (χ3n) is 2.14. The molecule has 0 atom stereocenters. The maximum absolute atomic E-state index is 11.7. The van der Waals surface area contributed by atoms with Crippen LogP contribution in [-0.4, -0.2) is 14.4 Å². The Hall–Kier alpha value is -1.71. The maximum atomic E-state index is 11.7. The first-order valence-corrected chi connectivity index (χ1v) is 4.84. The summed E-state index contributed by atoms with van der Waals surface area (Å²) in [4.78, 5) is 20.0. The van der Waals surface area contributed by atoms with Crippen LogP contribution in [0.5, 0.6) is 0 Å². The zero-order valence-corrected chi connectivity index (χ0v) is 9.06. The lowest BCUT2D eigenvalue weighted by molar-refractivity contribution is 0.539. The molecule has 15 heavy (non-hydrogen) atoms. The van der Waals surface area contributed by atoms with Crippen LogP contribution in [0.25, 0.3) is 5.65 Å². The van der Waals surface area contributed by atoms with Crippen LogP contribution in [0.15, 0.2) is 29.2 Å². The SMILES string of the molecule is CC(C)(C)c1nc(=O)n2ccccc2n1. The average molecular weight is 203 g/mol. The van der Waals surface area contributed by atoms with Gasteiger partial charge in [-0.25, -0.2) is 9.78 Å². The van der Waals surface area contributed by atoms with Gasteiger partial charge in [-0.3, -0.25) is 4.40 Å². The van der Waals surface area contributed by atoms with Gasteiger partial charge in [-0.1, -0.05) is 26.8 Å². The zero-order chi connectivity index (χ0) is 11.1. The Labute approximate surface area is 87.6 Å². The lowest BCUT2D eigenvalue weighted by atomic mass is 9.96. The Balaban J connectivity index is 2.79. The Morgan fingerprint density at radius 3 is 2.60 bits per heavy atom. The molecule has 0 saturated heterocycles. The molecule has 4 heteroatoms. The molecule has 2 heterocycles. The molecule has 78 valence electrons. The van der Waals surface area contributed by atoms with Crippen molar-refractivity contribution in [3.05, 3.63) is 40.7 Å². The first-order valence-electron chi connectivity index (χ1n) is 4.84. The molecule has 0 amide bonds. The van der Waals surface area contributed by atoms with Crippen molar-refractivity contribution in [3.63, 3.8) is 0 Å². The molecule has 0 radical (unpaired) electrons. The molecule has 0 aromatic carbocycles. The Morgan fingerprint density at radius 2 is 1.93 bits per heavy atom. The van der Waals surface area contributed by atoms with E-state index in [1.54, 1.807) is 18.3 Å². The Morgan fingerprint density at radius 1 is 1.20 bits per heavy atom. The lowest BCUT2D eigenvalue weighted by Gasteiger charge is -2.15. The minimum atomic E-state index is -0.273. The monoisotopic (exact) mass is 203 g/mol. The molecule has 0 fully saturated rings. The lowest BCUT2D eigenvalue weighted by Crippen LogP contribution is -2.26. The van der Waals surface area contributed by atoms with Crippen molar-refractivity contribution in [1.29, 1.82) is 0 Å². The van der Waals surface area contributed by atoms with E-state index in [1.807, 2.05) is 26.8 Å². The smallest absolute Gasteiger partial charge is 0.251 e. The molecule has 0 aliphatic rings. The minimum absolute atomic E-state index is 0.205. The van der Waals surface area contributed by atoms with Crippen molar-refractivity contribution in [1.82, 2.24) is 14.4 Å². The highest BCUT2D eigenvalue weighted by Crippen LogP contribution is 2.16. The van der Waals surface area contributed by atoms with Gasteiger partial charge in [-0.15, -0.1) is 0 Å².